The summed E-state index contributed by atoms with van der Waals surface area (Å²) in [7, 11) is 0. The molecule has 18 heavy (non-hydrogen) atoms. The van der Waals surface area contributed by atoms with Gasteiger partial charge in [-0.1, -0.05) is 0 Å². The first-order chi connectivity index (χ1) is 8.42. The lowest BCUT2D eigenvalue weighted by Gasteiger charge is -2.20. The highest BCUT2D eigenvalue weighted by molar-refractivity contribution is 5.94. The van der Waals surface area contributed by atoms with Crippen molar-refractivity contribution in [1.82, 2.24) is 9.88 Å². The number of likely N-dealkylation sites (tertiary alicyclic amines) is 1. The third-order valence-corrected chi connectivity index (χ3v) is 3.40. The summed E-state index contributed by atoms with van der Waals surface area (Å²) in [6, 6.07) is 1.77. The molecule has 0 radical (unpaired) electrons. The Labute approximate surface area is 105 Å². The van der Waals surface area contributed by atoms with Gasteiger partial charge in [-0.05, 0) is 31.9 Å². The van der Waals surface area contributed by atoms with Gasteiger partial charge in [0.15, 0.2) is 0 Å². The highest BCUT2D eigenvalue weighted by Gasteiger charge is 2.42. The van der Waals surface area contributed by atoms with Crippen molar-refractivity contribution in [2.75, 3.05) is 13.1 Å². The number of rotatable bonds is 2. The third kappa shape index (κ3) is 2.20. The molecule has 0 saturated carbocycles. The van der Waals surface area contributed by atoms with Crippen molar-refractivity contribution < 1.29 is 14.7 Å². The van der Waals surface area contributed by atoms with Gasteiger partial charge in [0.1, 0.15) is 0 Å². The molecule has 1 saturated heterocycles. The second-order valence-electron chi connectivity index (χ2n) is 5.09. The zero-order valence-electron chi connectivity index (χ0n) is 10.5. The van der Waals surface area contributed by atoms with E-state index in [2.05, 4.69) is 4.98 Å². The van der Waals surface area contributed by atoms with E-state index in [4.69, 9.17) is 5.11 Å². The van der Waals surface area contributed by atoms with Crippen LogP contribution in [-0.4, -0.2) is 40.0 Å². The molecule has 1 amide bonds. The Morgan fingerprint density at radius 1 is 1.44 bits per heavy atom. The predicted molar refractivity (Wildman–Crippen MR) is 65.2 cm³/mol. The van der Waals surface area contributed by atoms with Crippen molar-refractivity contribution in [3.8, 4) is 0 Å². The number of pyridine rings is 1. The molecule has 0 bridgehead atoms. The van der Waals surface area contributed by atoms with Crippen LogP contribution in [0.25, 0.3) is 0 Å². The number of aromatic nitrogens is 1. The number of hydrogen-bond donors (Lipinski definition) is 1. The van der Waals surface area contributed by atoms with Crippen LogP contribution in [0.3, 0.4) is 0 Å². The molecule has 0 spiro atoms. The van der Waals surface area contributed by atoms with E-state index in [9.17, 15) is 9.59 Å². The maximum Gasteiger partial charge on any atom is 0.311 e. The van der Waals surface area contributed by atoms with E-state index in [1.807, 2.05) is 6.92 Å². The van der Waals surface area contributed by atoms with Crippen LogP contribution in [0.1, 0.15) is 29.3 Å². The molecule has 1 aliphatic rings. The average Bonchev–Trinajstić information content (AvgIpc) is 2.72. The monoisotopic (exact) mass is 248 g/mol. The number of aryl methyl sites for hydroxylation is 1. The Morgan fingerprint density at radius 3 is 2.72 bits per heavy atom. The highest BCUT2D eigenvalue weighted by atomic mass is 16.4. The predicted octanol–water partition coefficient (Wildman–Crippen LogP) is 1.33. The van der Waals surface area contributed by atoms with Crippen molar-refractivity contribution in [3.05, 3.63) is 29.6 Å². The molecule has 5 heteroatoms. The minimum absolute atomic E-state index is 0.142. The van der Waals surface area contributed by atoms with Crippen LogP contribution >= 0.6 is 0 Å². The van der Waals surface area contributed by atoms with Crippen LogP contribution in [0.4, 0.5) is 0 Å². The summed E-state index contributed by atoms with van der Waals surface area (Å²) >= 11 is 0. The van der Waals surface area contributed by atoms with E-state index in [1.54, 1.807) is 24.1 Å². The van der Waals surface area contributed by atoms with Crippen molar-refractivity contribution in [3.63, 3.8) is 0 Å². The first-order valence-electron chi connectivity index (χ1n) is 5.87. The van der Waals surface area contributed by atoms with Gasteiger partial charge >= 0.3 is 5.97 Å². The fourth-order valence-corrected chi connectivity index (χ4v) is 2.16. The number of aliphatic carboxylic acids is 1. The van der Waals surface area contributed by atoms with Gasteiger partial charge in [0.2, 0.25) is 0 Å². The van der Waals surface area contributed by atoms with Gasteiger partial charge < -0.3 is 10.0 Å². The average molecular weight is 248 g/mol. The van der Waals surface area contributed by atoms with Crippen molar-refractivity contribution in [2.24, 2.45) is 5.41 Å². The smallest absolute Gasteiger partial charge is 0.311 e. The summed E-state index contributed by atoms with van der Waals surface area (Å²) in [6.07, 6.45) is 3.70. The van der Waals surface area contributed by atoms with E-state index in [0.29, 0.717) is 18.5 Å². The Balaban J connectivity index is 2.15. The molecule has 1 atom stereocenters. The molecule has 96 valence electrons. The molecule has 5 nitrogen and oxygen atoms in total. The fourth-order valence-electron chi connectivity index (χ4n) is 2.16. The maximum atomic E-state index is 12.2. The van der Waals surface area contributed by atoms with Crippen LogP contribution in [-0.2, 0) is 4.79 Å². The van der Waals surface area contributed by atoms with Crippen LogP contribution in [0.15, 0.2) is 18.5 Å². The van der Waals surface area contributed by atoms with Crippen molar-refractivity contribution in [1.29, 1.82) is 0 Å². The van der Waals surface area contributed by atoms with Crippen molar-refractivity contribution in [2.45, 2.75) is 20.3 Å². The standard InChI is InChI=1S/C13H16N2O3/c1-9-5-10(7-14-6-9)11(16)15-4-3-13(2,8-15)12(17)18/h5-7H,3-4,8H2,1-2H3,(H,17,18). The second kappa shape index (κ2) is 4.40. The Morgan fingerprint density at radius 2 is 2.17 bits per heavy atom. The minimum Gasteiger partial charge on any atom is -0.481 e. The maximum absolute atomic E-state index is 12.2. The quantitative estimate of drug-likeness (QED) is 0.857. The number of amides is 1. The zero-order valence-corrected chi connectivity index (χ0v) is 10.5. The molecule has 1 unspecified atom stereocenters. The number of carbonyl (C=O) groups is 2. The first-order valence-corrected chi connectivity index (χ1v) is 5.87. The van der Waals surface area contributed by atoms with Gasteiger partial charge in [0, 0.05) is 25.5 Å². The normalized spacial score (nSPS) is 23.1. The molecular formula is C13H16N2O3. The zero-order chi connectivity index (χ0) is 13.3. The van der Waals surface area contributed by atoms with Gasteiger partial charge in [-0.15, -0.1) is 0 Å². The topological polar surface area (TPSA) is 70.5 Å². The number of hydrogen-bond acceptors (Lipinski definition) is 3. The van der Waals surface area contributed by atoms with E-state index in [1.165, 1.54) is 6.20 Å². The molecule has 1 N–H and O–H groups in total. The molecular weight excluding hydrogens is 232 g/mol. The van der Waals surface area contributed by atoms with Gasteiger partial charge in [0.25, 0.3) is 5.91 Å². The largest absolute Gasteiger partial charge is 0.481 e. The van der Waals surface area contributed by atoms with Crippen LogP contribution in [0.2, 0.25) is 0 Å². The lowest BCUT2D eigenvalue weighted by atomic mass is 9.90. The van der Waals surface area contributed by atoms with Crippen LogP contribution < -0.4 is 0 Å². The van der Waals surface area contributed by atoms with E-state index in [0.717, 1.165) is 5.56 Å². The molecule has 1 fully saturated rings. The molecule has 2 rings (SSSR count). The van der Waals surface area contributed by atoms with Crippen molar-refractivity contribution >= 4 is 11.9 Å². The highest BCUT2D eigenvalue weighted by Crippen LogP contribution is 2.30. The Kier molecular flexibility index (Phi) is 3.07. The van der Waals surface area contributed by atoms with Crippen LogP contribution in [0.5, 0.6) is 0 Å². The molecule has 1 aromatic heterocycles. The molecule has 2 heterocycles. The Bertz CT molecular complexity index is 501. The lowest BCUT2D eigenvalue weighted by molar-refractivity contribution is -0.147. The van der Waals surface area contributed by atoms with E-state index < -0.39 is 11.4 Å². The summed E-state index contributed by atoms with van der Waals surface area (Å²) in [5.74, 6) is -0.989. The van der Waals surface area contributed by atoms with Gasteiger partial charge in [-0.25, -0.2) is 0 Å². The molecule has 0 aromatic carbocycles. The molecule has 1 aromatic rings. The van der Waals surface area contributed by atoms with E-state index in [-0.39, 0.29) is 12.5 Å². The number of carboxylic acids is 1. The number of carbonyl (C=O) groups excluding carboxylic acids is 1. The summed E-state index contributed by atoms with van der Waals surface area (Å²) < 4.78 is 0. The SMILES string of the molecule is Cc1cncc(C(=O)N2CCC(C)(C(=O)O)C2)c1. The third-order valence-electron chi connectivity index (χ3n) is 3.40. The summed E-state index contributed by atoms with van der Waals surface area (Å²) in [5.41, 5.74) is 0.609. The van der Waals surface area contributed by atoms with Gasteiger partial charge in [0.05, 0.1) is 11.0 Å². The minimum atomic E-state index is -0.847. The number of carboxylic acid groups (broad SMARTS) is 1. The Hall–Kier alpha value is -1.91. The first kappa shape index (κ1) is 12.5. The fraction of sp³-hybridized carbons (Fsp3) is 0.462. The molecule has 1 aliphatic heterocycles. The number of nitrogens with zero attached hydrogens (tertiary/aromatic N) is 2. The second-order valence-corrected chi connectivity index (χ2v) is 5.09. The summed E-state index contributed by atoms with van der Waals surface area (Å²) in [4.78, 5) is 28.9. The summed E-state index contributed by atoms with van der Waals surface area (Å²) in [5, 5.41) is 9.14. The van der Waals surface area contributed by atoms with Crippen LogP contribution in [0, 0.1) is 12.3 Å². The van der Waals surface area contributed by atoms with E-state index >= 15 is 0 Å². The lowest BCUT2D eigenvalue weighted by Crippen LogP contribution is -2.34. The summed E-state index contributed by atoms with van der Waals surface area (Å²) in [6.45, 7) is 4.29. The van der Waals surface area contributed by atoms with Gasteiger partial charge in [-0.3, -0.25) is 14.6 Å². The van der Waals surface area contributed by atoms with Gasteiger partial charge in [-0.2, -0.15) is 0 Å². The molecule has 0 aliphatic carbocycles.